The van der Waals surface area contributed by atoms with Gasteiger partial charge in [0.1, 0.15) is 0 Å². The first-order valence-electron chi connectivity index (χ1n) is 8.27. The predicted octanol–water partition coefficient (Wildman–Crippen LogP) is 3.54. The van der Waals surface area contributed by atoms with Crippen molar-refractivity contribution in [3.8, 4) is 0 Å². The van der Waals surface area contributed by atoms with E-state index in [-0.39, 0.29) is 24.0 Å². The molecule has 2 rings (SSSR count). The maximum atomic E-state index is 4.26. The van der Waals surface area contributed by atoms with Gasteiger partial charge in [0.25, 0.3) is 0 Å². The molecule has 4 nitrogen and oxygen atoms in total. The van der Waals surface area contributed by atoms with E-state index in [0.29, 0.717) is 0 Å². The number of unbranched alkanes of at least 4 members (excludes halogenated alkanes) is 2. The number of hydrogen-bond acceptors (Lipinski definition) is 2. The molecule has 0 aromatic heterocycles. The van der Waals surface area contributed by atoms with Crippen LogP contribution in [0.2, 0.25) is 0 Å². The Balaban J connectivity index is 0.00000264. The fraction of sp³-hybridized carbons (Fsp3) is 0.500. The SMILES string of the molecule is CCCCCNC(=NC)NCc1ccc(N2CC=CC2)cc1.I. The third-order valence-electron chi connectivity index (χ3n) is 3.88. The Morgan fingerprint density at radius 2 is 1.78 bits per heavy atom. The molecule has 1 aromatic carbocycles. The summed E-state index contributed by atoms with van der Waals surface area (Å²) in [6, 6.07) is 8.76. The van der Waals surface area contributed by atoms with Gasteiger partial charge < -0.3 is 15.5 Å². The second-order valence-electron chi connectivity index (χ2n) is 5.60. The molecule has 0 fully saturated rings. The average Bonchev–Trinajstić information content (AvgIpc) is 3.09. The van der Waals surface area contributed by atoms with Gasteiger partial charge in [0.05, 0.1) is 0 Å². The van der Waals surface area contributed by atoms with E-state index in [1.807, 2.05) is 7.05 Å². The van der Waals surface area contributed by atoms with E-state index < -0.39 is 0 Å². The summed E-state index contributed by atoms with van der Waals surface area (Å²) in [7, 11) is 1.82. The van der Waals surface area contributed by atoms with E-state index in [9.17, 15) is 0 Å². The number of aliphatic imine (C=N–C) groups is 1. The topological polar surface area (TPSA) is 39.7 Å². The van der Waals surface area contributed by atoms with Crippen LogP contribution in [0.25, 0.3) is 0 Å². The number of guanidine groups is 1. The zero-order valence-electron chi connectivity index (χ0n) is 14.2. The highest BCUT2D eigenvalue weighted by atomic mass is 127. The standard InChI is InChI=1S/C18H28N4.HI/c1-3-4-5-12-20-18(19-2)21-15-16-8-10-17(11-9-16)22-13-6-7-14-22;/h6-11H,3-5,12-15H2,1-2H3,(H2,19,20,21);1H. The second kappa shape index (κ2) is 11.3. The molecule has 0 saturated heterocycles. The van der Waals surface area contributed by atoms with Crippen LogP contribution < -0.4 is 15.5 Å². The van der Waals surface area contributed by atoms with Crippen LogP contribution in [0.3, 0.4) is 0 Å². The molecular weight excluding hydrogens is 399 g/mol. The summed E-state index contributed by atoms with van der Waals surface area (Å²) in [6.45, 7) is 6.03. The van der Waals surface area contributed by atoms with Gasteiger partial charge in [-0.25, -0.2) is 0 Å². The van der Waals surface area contributed by atoms with Crippen LogP contribution in [-0.4, -0.2) is 32.6 Å². The first-order valence-corrected chi connectivity index (χ1v) is 8.27. The first kappa shape index (κ1) is 19.8. The molecule has 0 aliphatic carbocycles. The Hall–Kier alpha value is -1.24. The van der Waals surface area contributed by atoms with E-state index in [1.54, 1.807) is 0 Å². The highest BCUT2D eigenvalue weighted by molar-refractivity contribution is 14.0. The van der Waals surface area contributed by atoms with E-state index in [2.05, 4.69) is 63.9 Å². The Morgan fingerprint density at radius 1 is 1.09 bits per heavy atom. The fourth-order valence-corrected chi connectivity index (χ4v) is 2.50. The summed E-state index contributed by atoms with van der Waals surface area (Å²) in [5, 5.41) is 6.72. The Bertz CT molecular complexity index is 488. The lowest BCUT2D eigenvalue weighted by atomic mass is 10.2. The van der Waals surface area contributed by atoms with Crippen LogP contribution in [0.4, 0.5) is 5.69 Å². The number of nitrogens with one attached hydrogen (secondary N) is 2. The van der Waals surface area contributed by atoms with Crippen LogP contribution in [0.1, 0.15) is 31.7 Å². The Morgan fingerprint density at radius 3 is 2.39 bits per heavy atom. The molecule has 1 aliphatic rings. The first-order chi connectivity index (χ1) is 10.8. The van der Waals surface area contributed by atoms with E-state index in [4.69, 9.17) is 0 Å². The van der Waals surface area contributed by atoms with E-state index in [0.717, 1.165) is 32.1 Å². The Labute approximate surface area is 157 Å². The fourth-order valence-electron chi connectivity index (χ4n) is 2.50. The monoisotopic (exact) mass is 428 g/mol. The lowest BCUT2D eigenvalue weighted by Gasteiger charge is -2.18. The minimum Gasteiger partial charge on any atom is -0.364 e. The number of halogens is 1. The largest absolute Gasteiger partial charge is 0.364 e. The molecule has 5 heteroatoms. The summed E-state index contributed by atoms with van der Waals surface area (Å²) < 4.78 is 0. The molecule has 0 spiro atoms. The van der Waals surface area contributed by atoms with Gasteiger partial charge in [-0.3, -0.25) is 4.99 Å². The van der Waals surface area contributed by atoms with Crippen molar-refractivity contribution in [3.63, 3.8) is 0 Å². The molecule has 0 atom stereocenters. The minimum absolute atomic E-state index is 0. The van der Waals surface area contributed by atoms with Crippen molar-refractivity contribution in [2.24, 2.45) is 4.99 Å². The number of hydrogen-bond donors (Lipinski definition) is 2. The maximum Gasteiger partial charge on any atom is 0.191 e. The quantitative estimate of drug-likeness (QED) is 0.230. The van der Waals surface area contributed by atoms with Gasteiger partial charge in [-0.1, -0.05) is 44.1 Å². The minimum atomic E-state index is 0. The van der Waals surface area contributed by atoms with Crippen LogP contribution >= 0.6 is 24.0 Å². The van der Waals surface area contributed by atoms with Gasteiger partial charge in [0, 0.05) is 38.9 Å². The molecule has 1 aromatic rings. The number of nitrogens with zero attached hydrogens (tertiary/aromatic N) is 2. The molecule has 1 aliphatic heterocycles. The summed E-state index contributed by atoms with van der Waals surface area (Å²) in [4.78, 5) is 6.61. The van der Waals surface area contributed by atoms with Crippen LogP contribution in [0, 0.1) is 0 Å². The van der Waals surface area contributed by atoms with Crippen molar-refractivity contribution in [1.29, 1.82) is 0 Å². The molecule has 0 bridgehead atoms. The number of benzene rings is 1. The van der Waals surface area contributed by atoms with Gasteiger partial charge in [0.2, 0.25) is 0 Å². The predicted molar refractivity (Wildman–Crippen MR) is 111 cm³/mol. The zero-order valence-corrected chi connectivity index (χ0v) is 16.5. The third-order valence-corrected chi connectivity index (χ3v) is 3.88. The molecule has 128 valence electrons. The molecule has 23 heavy (non-hydrogen) atoms. The lowest BCUT2D eigenvalue weighted by Crippen LogP contribution is -2.37. The molecular formula is C18H29IN4. The zero-order chi connectivity index (χ0) is 15.6. The van der Waals surface area contributed by atoms with Gasteiger partial charge >= 0.3 is 0 Å². The Kier molecular flexibility index (Phi) is 9.75. The normalized spacial score (nSPS) is 13.8. The van der Waals surface area contributed by atoms with Crippen molar-refractivity contribution in [3.05, 3.63) is 42.0 Å². The van der Waals surface area contributed by atoms with Gasteiger partial charge in [-0.05, 0) is 24.1 Å². The van der Waals surface area contributed by atoms with Gasteiger partial charge in [0.15, 0.2) is 5.96 Å². The highest BCUT2D eigenvalue weighted by Gasteiger charge is 2.07. The van der Waals surface area contributed by atoms with Crippen molar-refractivity contribution in [2.75, 3.05) is 31.6 Å². The summed E-state index contributed by atoms with van der Waals surface area (Å²) in [5.74, 6) is 0.879. The molecule has 0 unspecified atom stereocenters. The smallest absolute Gasteiger partial charge is 0.191 e. The summed E-state index contributed by atoms with van der Waals surface area (Å²) in [5.41, 5.74) is 2.56. The molecule has 0 amide bonds. The van der Waals surface area contributed by atoms with E-state index in [1.165, 1.54) is 30.5 Å². The van der Waals surface area contributed by atoms with Crippen LogP contribution in [-0.2, 0) is 6.54 Å². The number of anilines is 1. The third kappa shape index (κ3) is 6.81. The van der Waals surface area contributed by atoms with Crippen LogP contribution in [0.15, 0.2) is 41.4 Å². The van der Waals surface area contributed by atoms with Crippen molar-refractivity contribution < 1.29 is 0 Å². The van der Waals surface area contributed by atoms with Gasteiger partial charge in [-0.2, -0.15) is 0 Å². The molecule has 0 saturated carbocycles. The molecule has 0 radical (unpaired) electrons. The summed E-state index contributed by atoms with van der Waals surface area (Å²) >= 11 is 0. The maximum absolute atomic E-state index is 4.26. The van der Waals surface area contributed by atoms with Gasteiger partial charge in [-0.15, -0.1) is 24.0 Å². The summed E-state index contributed by atoms with van der Waals surface area (Å²) in [6.07, 6.45) is 8.12. The average molecular weight is 428 g/mol. The van der Waals surface area contributed by atoms with Crippen molar-refractivity contribution in [2.45, 2.75) is 32.7 Å². The van der Waals surface area contributed by atoms with E-state index >= 15 is 0 Å². The van der Waals surface area contributed by atoms with Crippen molar-refractivity contribution in [1.82, 2.24) is 10.6 Å². The molecule has 2 N–H and O–H groups in total. The van der Waals surface area contributed by atoms with Crippen LogP contribution in [0.5, 0.6) is 0 Å². The number of rotatable bonds is 7. The second-order valence-corrected chi connectivity index (χ2v) is 5.60. The highest BCUT2D eigenvalue weighted by Crippen LogP contribution is 2.17. The molecule has 1 heterocycles. The van der Waals surface area contributed by atoms with Crippen molar-refractivity contribution >= 4 is 35.6 Å². The lowest BCUT2D eigenvalue weighted by molar-refractivity contribution is 0.683.